The lowest BCUT2D eigenvalue weighted by atomic mass is 10.2. The van der Waals surface area contributed by atoms with Crippen LogP contribution in [-0.4, -0.2) is 12.2 Å². The van der Waals surface area contributed by atoms with Gasteiger partial charge in [0.05, 0.1) is 0 Å². The number of thioether (sulfide) groups is 1. The van der Waals surface area contributed by atoms with Crippen molar-refractivity contribution in [2.24, 2.45) is 0 Å². The molecule has 0 saturated carbocycles. The second-order valence-corrected chi connectivity index (χ2v) is 5.10. The Morgan fingerprint density at radius 3 is 2.75 bits per heavy atom. The number of benzene rings is 2. The molecule has 0 saturated heterocycles. The van der Waals surface area contributed by atoms with Crippen LogP contribution in [0.3, 0.4) is 0 Å². The molecule has 1 amide bonds. The second-order valence-electron chi connectivity index (χ2n) is 4.22. The zero-order valence-corrected chi connectivity index (χ0v) is 12.0. The van der Waals surface area contributed by atoms with Gasteiger partial charge in [-0.3, -0.25) is 4.79 Å². The van der Waals surface area contributed by atoms with Gasteiger partial charge in [0.2, 0.25) is 5.91 Å². The van der Waals surface area contributed by atoms with Gasteiger partial charge in [0, 0.05) is 22.3 Å². The molecule has 2 rings (SSSR count). The maximum absolute atomic E-state index is 11.8. The van der Waals surface area contributed by atoms with Gasteiger partial charge in [-0.25, -0.2) is 0 Å². The number of nitrogens with one attached hydrogen (secondary N) is 1. The first kappa shape index (κ1) is 14.2. The topological polar surface area (TPSA) is 55.1 Å². The van der Waals surface area contributed by atoms with Crippen LogP contribution in [-0.2, 0) is 4.79 Å². The van der Waals surface area contributed by atoms with E-state index in [0.717, 1.165) is 16.1 Å². The van der Waals surface area contributed by atoms with Crippen LogP contribution in [0.5, 0.6) is 0 Å². The highest BCUT2D eigenvalue weighted by Crippen LogP contribution is 2.19. The van der Waals surface area contributed by atoms with Crippen LogP contribution in [0.2, 0.25) is 0 Å². The number of amides is 1. The monoisotopic (exact) mass is 284 g/mol. The van der Waals surface area contributed by atoms with E-state index in [0.29, 0.717) is 5.69 Å². The summed E-state index contributed by atoms with van der Waals surface area (Å²) in [4.78, 5) is 12.9. The van der Waals surface area contributed by atoms with Gasteiger partial charge in [0.1, 0.15) is 0 Å². The van der Waals surface area contributed by atoms with E-state index in [1.54, 1.807) is 17.8 Å². The number of hydrogen-bond acceptors (Lipinski definition) is 3. The molecule has 0 aliphatic rings. The summed E-state index contributed by atoms with van der Waals surface area (Å²) in [5.41, 5.74) is 8.06. The molecule has 0 bridgehead atoms. The molecule has 3 N–H and O–H groups in total. The highest BCUT2D eigenvalue weighted by molar-refractivity contribution is 7.98. The van der Waals surface area contributed by atoms with Crippen molar-refractivity contribution in [1.29, 1.82) is 0 Å². The lowest BCUT2D eigenvalue weighted by molar-refractivity contribution is -0.111. The molecule has 0 fully saturated rings. The average Bonchev–Trinajstić information content (AvgIpc) is 2.45. The number of anilines is 2. The van der Waals surface area contributed by atoms with Gasteiger partial charge < -0.3 is 11.1 Å². The molecule has 20 heavy (non-hydrogen) atoms. The molecule has 0 aliphatic heterocycles. The average molecular weight is 284 g/mol. The van der Waals surface area contributed by atoms with E-state index in [2.05, 4.69) is 5.32 Å². The zero-order chi connectivity index (χ0) is 14.4. The molecule has 0 atom stereocenters. The second kappa shape index (κ2) is 6.82. The van der Waals surface area contributed by atoms with Gasteiger partial charge in [0.25, 0.3) is 0 Å². The third-order valence-electron chi connectivity index (χ3n) is 2.68. The first-order valence-electron chi connectivity index (χ1n) is 6.16. The van der Waals surface area contributed by atoms with E-state index in [1.165, 1.54) is 6.08 Å². The molecule has 0 unspecified atom stereocenters. The minimum Gasteiger partial charge on any atom is -0.399 e. The van der Waals surface area contributed by atoms with E-state index >= 15 is 0 Å². The molecule has 0 spiro atoms. The number of nitrogen functional groups attached to an aromatic ring is 1. The first-order chi connectivity index (χ1) is 9.67. The summed E-state index contributed by atoms with van der Waals surface area (Å²) in [5, 5.41) is 2.83. The highest BCUT2D eigenvalue weighted by atomic mass is 32.2. The number of carbonyl (C=O) groups excluding carboxylic acids is 1. The third kappa shape index (κ3) is 4.17. The van der Waals surface area contributed by atoms with E-state index < -0.39 is 0 Å². The van der Waals surface area contributed by atoms with Gasteiger partial charge in [-0.1, -0.05) is 18.2 Å². The van der Waals surface area contributed by atoms with Gasteiger partial charge in [0.15, 0.2) is 0 Å². The normalized spacial score (nSPS) is 10.7. The maximum atomic E-state index is 11.8. The van der Waals surface area contributed by atoms with E-state index in [-0.39, 0.29) is 5.91 Å². The molecular weight excluding hydrogens is 268 g/mol. The fraction of sp³-hybridized carbons (Fsp3) is 0.0625. The molecule has 3 nitrogen and oxygen atoms in total. The Morgan fingerprint density at radius 1 is 1.20 bits per heavy atom. The Balaban J connectivity index is 2.01. The van der Waals surface area contributed by atoms with Crippen LogP contribution in [0.25, 0.3) is 6.08 Å². The van der Waals surface area contributed by atoms with Crippen molar-refractivity contribution in [1.82, 2.24) is 0 Å². The summed E-state index contributed by atoms with van der Waals surface area (Å²) in [6.07, 6.45) is 5.24. The summed E-state index contributed by atoms with van der Waals surface area (Å²) in [5.74, 6) is -0.161. The standard InChI is InChI=1S/C16H16N2OS/c1-20-15-7-3-6-14(11-15)18-16(19)9-8-12-4-2-5-13(17)10-12/h2-11H,17H2,1H3,(H,18,19)/b9-8+. The summed E-state index contributed by atoms with van der Waals surface area (Å²) in [7, 11) is 0. The molecule has 0 radical (unpaired) electrons. The Hall–Kier alpha value is -2.20. The molecule has 0 aromatic heterocycles. The van der Waals surface area contributed by atoms with Crippen molar-refractivity contribution in [3.05, 3.63) is 60.2 Å². The molecular formula is C16H16N2OS. The van der Waals surface area contributed by atoms with E-state index in [9.17, 15) is 4.79 Å². The quantitative estimate of drug-likeness (QED) is 0.512. The molecule has 2 aromatic carbocycles. The largest absolute Gasteiger partial charge is 0.399 e. The Kier molecular flexibility index (Phi) is 4.85. The van der Waals surface area contributed by atoms with Crippen LogP contribution in [0.15, 0.2) is 59.5 Å². The SMILES string of the molecule is CSc1cccc(NC(=O)/C=C/c2cccc(N)c2)c1. The predicted molar refractivity (Wildman–Crippen MR) is 86.7 cm³/mol. The van der Waals surface area contributed by atoms with Crippen molar-refractivity contribution < 1.29 is 4.79 Å². The molecule has 0 heterocycles. The van der Waals surface area contributed by atoms with Crippen LogP contribution in [0.4, 0.5) is 11.4 Å². The number of rotatable bonds is 4. The predicted octanol–water partition coefficient (Wildman–Crippen LogP) is 3.64. The van der Waals surface area contributed by atoms with Crippen molar-refractivity contribution >= 4 is 35.1 Å². The first-order valence-corrected chi connectivity index (χ1v) is 7.38. The minimum absolute atomic E-state index is 0.161. The Bertz CT molecular complexity index is 638. The van der Waals surface area contributed by atoms with Crippen molar-refractivity contribution in [3.8, 4) is 0 Å². The van der Waals surface area contributed by atoms with Crippen molar-refractivity contribution in [2.45, 2.75) is 4.90 Å². The number of nitrogens with two attached hydrogens (primary N) is 1. The summed E-state index contributed by atoms with van der Waals surface area (Å²) in [6, 6.07) is 15.1. The third-order valence-corrected chi connectivity index (χ3v) is 3.40. The minimum atomic E-state index is -0.161. The summed E-state index contributed by atoms with van der Waals surface area (Å²) in [6.45, 7) is 0. The zero-order valence-electron chi connectivity index (χ0n) is 11.2. The summed E-state index contributed by atoms with van der Waals surface area (Å²) >= 11 is 1.64. The van der Waals surface area contributed by atoms with E-state index in [1.807, 2.05) is 54.8 Å². The molecule has 102 valence electrons. The van der Waals surface area contributed by atoms with Gasteiger partial charge >= 0.3 is 0 Å². The van der Waals surface area contributed by atoms with Gasteiger partial charge in [-0.2, -0.15) is 0 Å². The lowest BCUT2D eigenvalue weighted by Gasteiger charge is -2.03. The Morgan fingerprint density at radius 2 is 2.00 bits per heavy atom. The lowest BCUT2D eigenvalue weighted by Crippen LogP contribution is -2.07. The van der Waals surface area contributed by atoms with E-state index in [4.69, 9.17) is 5.73 Å². The highest BCUT2D eigenvalue weighted by Gasteiger charge is 1.99. The molecule has 0 aliphatic carbocycles. The fourth-order valence-corrected chi connectivity index (χ4v) is 2.18. The number of hydrogen-bond donors (Lipinski definition) is 2. The summed E-state index contributed by atoms with van der Waals surface area (Å²) < 4.78 is 0. The Labute approximate surface area is 122 Å². The molecule has 2 aromatic rings. The fourth-order valence-electron chi connectivity index (χ4n) is 1.72. The van der Waals surface area contributed by atoms with Crippen molar-refractivity contribution in [3.63, 3.8) is 0 Å². The smallest absolute Gasteiger partial charge is 0.248 e. The van der Waals surface area contributed by atoms with Crippen LogP contribution in [0.1, 0.15) is 5.56 Å². The number of carbonyl (C=O) groups is 1. The van der Waals surface area contributed by atoms with Crippen LogP contribution in [0, 0.1) is 0 Å². The maximum Gasteiger partial charge on any atom is 0.248 e. The van der Waals surface area contributed by atoms with Gasteiger partial charge in [-0.15, -0.1) is 11.8 Å². The van der Waals surface area contributed by atoms with Gasteiger partial charge in [-0.05, 0) is 48.2 Å². The van der Waals surface area contributed by atoms with Crippen LogP contribution < -0.4 is 11.1 Å². The van der Waals surface area contributed by atoms with Crippen molar-refractivity contribution in [2.75, 3.05) is 17.3 Å². The van der Waals surface area contributed by atoms with Crippen LogP contribution >= 0.6 is 11.8 Å². The molecule has 4 heteroatoms.